The Morgan fingerprint density at radius 3 is 2.15 bits per heavy atom. The smallest absolute Gasteiger partial charge is 0.408 e. The van der Waals surface area contributed by atoms with Crippen LogP contribution in [-0.4, -0.2) is 53.4 Å². The Kier molecular flexibility index (Phi) is 16.2. The Morgan fingerprint density at radius 2 is 1.59 bits per heavy atom. The van der Waals surface area contributed by atoms with Gasteiger partial charge >= 0.3 is 6.09 Å². The molecule has 2 unspecified atom stereocenters. The number of primary amides is 1. The number of hydrogen-bond donors (Lipinski definition) is 3. The van der Waals surface area contributed by atoms with E-state index in [2.05, 4.69) is 30.4 Å². The number of carbonyl (C=O) groups excluding carboxylic acids is 4. The van der Waals surface area contributed by atoms with Crippen LogP contribution in [0.25, 0.3) is 0 Å². The number of alkyl carbamates (subject to hydrolysis) is 1. The zero-order valence-electron chi connectivity index (χ0n) is 25.6. The molecule has 4 amide bonds. The van der Waals surface area contributed by atoms with Gasteiger partial charge in [-0.05, 0) is 57.7 Å². The average molecular weight is 571 g/mol. The van der Waals surface area contributed by atoms with Crippen LogP contribution in [0.15, 0.2) is 24.3 Å². The standard InChI is InChI=1S/C32H50N4O5/c1-7-10-12-13-15-23-36(30(39)26(20-21-27(33)37)35-31(40)41-32(4,5)6)28(29(38)34-22-14-11-8-2)25-18-16-24(9-3)17-19-25/h3,16-19,26,28H,7-8,10-15,20-23H2,1-2,4-6H3,(H2,33,37)(H,34,38)(H,35,40). The number of ether oxygens (including phenoxy) is 1. The SMILES string of the molecule is C#Cc1ccc(C(C(=O)NCCCCC)N(CCCCCCC)C(=O)C(CCC(N)=O)NC(=O)OC(C)(C)C)cc1. The van der Waals surface area contributed by atoms with Gasteiger partial charge in [-0.2, -0.15) is 0 Å². The highest BCUT2D eigenvalue weighted by atomic mass is 16.6. The van der Waals surface area contributed by atoms with Gasteiger partial charge in [0.05, 0.1) is 0 Å². The molecule has 0 heterocycles. The van der Waals surface area contributed by atoms with E-state index in [1.807, 2.05) is 0 Å². The van der Waals surface area contributed by atoms with E-state index in [0.717, 1.165) is 44.9 Å². The predicted molar refractivity (Wildman–Crippen MR) is 162 cm³/mol. The van der Waals surface area contributed by atoms with E-state index < -0.39 is 35.6 Å². The van der Waals surface area contributed by atoms with Gasteiger partial charge in [-0.1, -0.05) is 70.4 Å². The zero-order chi connectivity index (χ0) is 30.8. The van der Waals surface area contributed by atoms with Gasteiger partial charge in [-0.25, -0.2) is 4.79 Å². The average Bonchev–Trinajstić information content (AvgIpc) is 2.91. The summed E-state index contributed by atoms with van der Waals surface area (Å²) in [5, 5.41) is 5.62. The molecule has 0 fully saturated rings. The minimum Gasteiger partial charge on any atom is -0.444 e. The van der Waals surface area contributed by atoms with Gasteiger partial charge in [0.15, 0.2) is 0 Å². The fourth-order valence-electron chi connectivity index (χ4n) is 4.36. The molecule has 9 heteroatoms. The first kappa shape index (κ1) is 35.5. The Bertz CT molecular complexity index is 1010. The lowest BCUT2D eigenvalue weighted by Gasteiger charge is -2.34. The van der Waals surface area contributed by atoms with Crippen LogP contribution in [0.4, 0.5) is 4.79 Å². The lowest BCUT2D eigenvalue weighted by molar-refractivity contribution is -0.142. The van der Waals surface area contributed by atoms with Crippen molar-refractivity contribution in [2.24, 2.45) is 5.73 Å². The second kappa shape index (κ2) is 18.7. The van der Waals surface area contributed by atoms with E-state index >= 15 is 0 Å². The topological polar surface area (TPSA) is 131 Å². The molecule has 1 aromatic carbocycles. The summed E-state index contributed by atoms with van der Waals surface area (Å²) in [5.74, 6) is 1.17. The van der Waals surface area contributed by atoms with Crippen LogP contribution in [0, 0.1) is 12.3 Å². The summed E-state index contributed by atoms with van der Waals surface area (Å²) < 4.78 is 5.39. The monoisotopic (exact) mass is 570 g/mol. The number of nitrogens with one attached hydrogen (secondary N) is 2. The van der Waals surface area contributed by atoms with Gasteiger partial charge in [0.25, 0.3) is 0 Å². The van der Waals surface area contributed by atoms with Crippen LogP contribution in [0.2, 0.25) is 0 Å². The Labute approximate surface area is 246 Å². The highest BCUT2D eigenvalue weighted by Gasteiger charge is 2.36. The maximum absolute atomic E-state index is 14.2. The normalized spacial score (nSPS) is 12.5. The van der Waals surface area contributed by atoms with Crippen molar-refractivity contribution in [3.05, 3.63) is 35.4 Å². The lowest BCUT2D eigenvalue weighted by Crippen LogP contribution is -2.53. The summed E-state index contributed by atoms with van der Waals surface area (Å²) in [4.78, 5) is 53.8. The largest absolute Gasteiger partial charge is 0.444 e. The molecule has 41 heavy (non-hydrogen) atoms. The third kappa shape index (κ3) is 14.1. The maximum Gasteiger partial charge on any atom is 0.408 e. The molecule has 4 N–H and O–H groups in total. The van der Waals surface area contributed by atoms with Crippen molar-refractivity contribution in [2.45, 2.75) is 117 Å². The number of nitrogens with zero attached hydrogens (tertiary/aromatic N) is 1. The fraction of sp³-hybridized carbons (Fsp3) is 0.625. The summed E-state index contributed by atoms with van der Waals surface area (Å²) in [5.41, 5.74) is 5.86. The predicted octanol–water partition coefficient (Wildman–Crippen LogP) is 4.97. The molecule has 0 saturated carbocycles. The van der Waals surface area contributed by atoms with Crippen LogP contribution in [-0.2, 0) is 19.1 Å². The molecular formula is C32H50N4O5. The van der Waals surface area contributed by atoms with Crippen LogP contribution >= 0.6 is 0 Å². The first-order chi connectivity index (χ1) is 19.4. The van der Waals surface area contributed by atoms with Gasteiger partial charge in [0, 0.05) is 25.1 Å². The Hall–Kier alpha value is -3.54. The van der Waals surface area contributed by atoms with Crippen LogP contribution < -0.4 is 16.4 Å². The quantitative estimate of drug-likeness (QED) is 0.169. The van der Waals surface area contributed by atoms with E-state index in [4.69, 9.17) is 16.9 Å². The molecule has 228 valence electrons. The molecule has 0 aliphatic rings. The van der Waals surface area contributed by atoms with Gasteiger partial charge in [-0.3, -0.25) is 14.4 Å². The number of rotatable bonds is 18. The highest BCUT2D eigenvalue weighted by molar-refractivity contribution is 5.92. The zero-order valence-corrected chi connectivity index (χ0v) is 25.6. The lowest BCUT2D eigenvalue weighted by atomic mass is 9.99. The molecule has 0 saturated heterocycles. The summed E-state index contributed by atoms with van der Waals surface area (Å²) in [6, 6.07) is 4.90. The molecule has 0 spiro atoms. The van der Waals surface area contributed by atoms with Crippen molar-refractivity contribution in [3.8, 4) is 12.3 Å². The van der Waals surface area contributed by atoms with E-state index in [9.17, 15) is 19.2 Å². The highest BCUT2D eigenvalue weighted by Crippen LogP contribution is 2.25. The minimum atomic E-state index is -1.12. The number of terminal acetylenes is 1. The minimum absolute atomic E-state index is 0.0272. The van der Waals surface area contributed by atoms with Gasteiger partial charge in [-0.15, -0.1) is 6.42 Å². The second-order valence-electron chi connectivity index (χ2n) is 11.3. The summed E-state index contributed by atoms with van der Waals surface area (Å²) in [6.45, 7) is 10.1. The summed E-state index contributed by atoms with van der Waals surface area (Å²) >= 11 is 0. The number of benzene rings is 1. The van der Waals surface area contributed by atoms with Crippen LogP contribution in [0.1, 0.15) is 116 Å². The molecule has 2 atom stereocenters. The maximum atomic E-state index is 14.2. The number of nitrogens with two attached hydrogens (primary N) is 1. The molecule has 1 aromatic rings. The number of hydrogen-bond acceptors (Lipinski definition) is 5. The number of unbranched alkanes of at least 4 members (excludes halogenated alkanes) is 6. The number of amides is 4. The first-order valence-corrected chi connectivity index (χ1v) is 14.9. The van der Waals surface area contributed by atoms with Crippen molar-refractivity contribution >= 4 is 23.8 Å². The molecule has 0 aromatic heterocycles. The summed E-state index contributed by atoms with van der Waals surface area (Å²) in [7, 11) is 0. The molecular weight excluding hydrogens is 520 g/mol. The van der Waals surface area contributed by atoms with Crippen LogP contribution in [0.5, 0.6) is 0 Å². The van der Waals surface area contributed by atoms with E-state index in [-0.39, 0.29) is 25.3 Å². The van der Waals surface area contributed by atoms with Crippen molar-refractivity contribution in [3.63, 3.8) is 0 Å². The van der Waals surface area contributed by atoms with Gasteiger partial charge in [0.2, 0.25) is 17.7 Å². The molecule has 0 aliphatic carbocycles. The third-order valence-corrected chi connectivity index (χ3v) is 6.49. The van der Waals surface area contributed by atoms with Crippen LogP contribution in [0.3, 0.4) is 0 Å². The number of carbonyl (C=O) groups is 4. The molecule has 0 bridgehead atoms. The molecule has 0 aliphatic heterocycles. The Morgan fingerprint density at radius 1 is 0.976 bits per heavy atom. The Balaban J connectivity index is 3.48. The molecule has 9 nitrogen and oxygen atoms in total. The second-order valence-corrected chi connectivity index (χ2v) is 11.3. The van der Waals surface area contributed by atoms with Crippen molar-refractivity contribution in [1.29, 1.82) is 0 Å². The summed E-state index contributed by atoms with van der Waals surface area (Å²) in [6.07, 6.45) is 12.1. The third-order valence-electron chi connectivity index (χ3n) is 6.49. The van der Waals surface area contributed by atoms with E-state index in [0.29, 0.717) is 24.1 Å². The molecule has 0 radical (unpaired) electrons. The fourth-order valence-corrected chi connectivity index (χ4v) is 4.36. The van der Waals surface area contributed by atoms with Crippen molar-refractivity contribution in [2.75, 3.05) is 13.1 Å². The molecule has 1 rings (SSSR count). The van der Waals surface area contributed by atoms with Crippen molar-refractivity contribution < 1.29 is 23.9 Å². The van der Waals surface area contributed by atoms with Crippen molar-refractivity contribution in [1.82, 2.24) is 15.5 Å². The van der Waals surface area contributed by atoms with Gasteiger partial charge < -0.3 is 26.0 Å². The van der Waals surface area contributed by atoms with E-state index in [1.54, 1.807) is 45.0 Å². The van der Waals surface area contributed by atoms with Gasteiger partial charge in [0.1, 0.15) is 17.7 Å². The van der Waals surface area contributed by atoms with E-state index in [1.165, 1.54) is 4.90 Å². The first-order valence-electron chi connectivity index (χ1n) is 14.9.